The summed E-state index contributed by atoms with van der Waals surface area (Å²) >= 11 is 6.10. The number of aromatic nitrogens is 3. The largest absolute Gasteiger partial charge is 0.250 e. The van der Waals surface area contributed by atoms with Gasteiger partial charge in [-0.05, 0) is 30.1 Å². The van der Waals surface area contributed by atoms with Gasteiger partial charge in [-0.25, -0.2) is 9.67 Å². The number of hydrogen-bond acceptors (Lipinski definition) is 3. The maximum Gasteiger partial charge on any atom is 0.158 e. The van der Waals surface area contributed by atoms with E-state index in [0.29, 0.717) is 21.9 Å². The smallest absolute Gasteiger partial charge is 0.158 e. The highest BCUT2D eigenvalue weighted by atomic mass is 35.5. The molecule has 0 aliphatic carbocycles. The zero-order valence-electron chi connectivity index (χ0n) is 9.06. The number of pyridine rings is 1. The van der Waals surface area contributed by atoms with Crippen LogP contribution in [0.15, 0.2) is 5.11 Å². The summed E-state index contributed by atoms with van der Waals surface area (Å²) in [5, 5.41) is 8.92. The Labute approximate surface area is 96.5 Å². The molecule has 2 aromatic rings. The molecule has 0 amide bonds. The third-order valence-corrected chi connectivity index (χ3v) is 2.99. The Hall–Kier alpha value is -1.78. The lowest BCUT2D eigenvalue weighted by molar-refractivity contribution is 0.785. The van der Waals surface area contributed by atoms with Crippen LogP contribution in [0, 0.1) is 13.8 Å². The van der Waals surface area contributed by atoms with Crippen LogP contribution in [0.4, 0.5) is 5.82 Å². The summed E-state index contributed by atoms with van der Waals surface area (Å²) in [5.41, 5.74) is 10.7. The fraction of sp³-hybridized carbons (Fsp3) is 0.333. The number of fused-ring (bicyclic) bond motifs is 1. The second kappa shape index (κ2) is 3.66. The van der Waals surface area contributed by atoms with Crippen LogP contribution in [0.2, 0.25) is 5.02 Å². The number of halogens is 1. The van der Waals surface area contributed by atoms with Crippen LogP contribution in [0.5, 0.6) is 0 Å². The van der Waals surface area contributed by atoms with Crippen LogP contribution >= 0.6 is 11.6 Å². The predicted molar refractivity (Wildman–Crippen MR) is 61.8 cm³/mol. The van der Waals surface area contributed by atoms with Gasteiger partial charge in [-0.2, -0.15) is 5.10 Å². The fourth-order valence-electron chi connectivity index (χ4n) is 1.67. The number of rotatable bonds is 1. The zero-order valence-corrected chi connectivity index (χ0v) is 9.82. The highest BCUT2D eigenvalue weighted by Gasteiger charge is 2.15. The topological polar surface area (TPSA) is 79.5 Å². The molecule has 0 atom stereocenters. The first-order valence-electron chi connectivity index (χ1n) is 4.60. The van der Waals surface area contributed by atoms with Gasteiger partial charge in [-0.3, -0.25) is 0 Å². The molecule has 0 N–H and O–H groups in total. The van der Waals surface area contributed by atoms with E-state index >= 15 is 0 Å². The monoisotopic (exact) mass is 236 g/mol. The molecule has 0 aliphatic rings. The van der Waals surface area contributed by atoms with Gasteiger partial charge >= 0.3 is 0 Å². The molecule has 2 heterocycles. The van der Waals surface area contributed by atoms with Gasteiger partial charge in [0.05, 0.1) is 16.1 Å². The van der Waals surface area contributed by atoms with Crippen LogP contribution in [0.3, 0.4) is 0 Å². The molecule has 0 unspecified atom stereocenters. The van der Waals surface area contributed by atoms with Crippen LogP contribution in [0.1, 0.15) is 11.3 Å². The van der Waals surface area contributed by atoms with Crippen molar-refractivity contribution in [1.82, 2.24) is 14.8 Å². The van der Waals surface area contributed by atoms with Gasteiger partial charge in [0.25, 0.3) is 0 Å². The summed E-state index contributed by atoms with van der Waals surface area (Å²) in [6.07, 6.45) is 0. The second-order valence-electron chi connectivity index (χ2n) is 3.47. The minimum atomic E-state index is 0.312. The summed E-state index contributed by atoms with van der Waals surface area (Å²) in [7, 11) is 1.75. The third kappa shape index (κ3) is 1.39. The maximum absolute atomic E-state index is 8.46. The van der Waals surface area contributed by atoms with Crippen LogP contribution in [-0.2, 0) is 7.05 Å². The van der Waals surface area contributed by atoms with E-state index in [-0.39, 0.29) is 0 Å². The van der Waals surface area contributed by atoms with Gasteiger partial charge in [0, 0.05) is 12.0 Å². The van der Waals surface area contributed by atoms with E-state index in [1.807, 2.05) is 13.8 Å². The van der Waals surface area contributed by atoms with Crippen molar-refractivity contribution in [3.05, 3.63) is 26.7 Å². The predicted octanol–water partition coefficient (Wildman–Crippen LogP) is 3.18. The summed E-state index contributed by atoms with van der Waals surface area (Å²) in [6.45, 7) is 3.69. The summed E-state index contributed by atoms with van der Waals surface area (Å²) in [5.74, 6) is 0.312. The van der Waals surface area contributed by atoms with Crippen molar-refractivity contribution in [2.75, 3.05) is 0 Å². The zero-order chi connectivity index (χ0) is 11.9. The molecule has 0 bridgehead atoms. The van der Waals surface area contributed by atoms with E-state index in [0.717, 1.165) is 11.3 Å². The lowest BCUT2D eigenvalue weighted by atomic mass is 10.2. The maximum atomic E-state index is 8.46. The van der Waals surface area contributed by atoms with Crippen molar-refractivity contribution in [1.29, 1.82) is 0 Å². The fourth-order valence-corrected chi connectivity index (χ4v) is 1.80. The van der Waals surface area contributed by atoms with Gasteiger partial charge in [-0.1, -0.05) is 11.6 Å². The van der Waals surface area contributed by atoms with Crippen LogP contribution in [-0.4, -0.2) is 14.8 Å². The molecule has 6 nitrogen and oxygen atoms in total. The lowest BCUT2D eigenvalue weighted by Crippen LogP contribution is -1.95. The molecule has 7 heteroatoms. The van der Waals surface area contributed by atoms with Crippen molar-refractivity contribution in [3.63, 3.8) is 0 Å². The molecule has 0 aliphatic heterocycles. The molecule has 0 spiro atoms. The first-order chi connectivity index (χ1) is 7.56. The summed E-state index contributed by atoms with van der Waals surface area (Å²) in [6, 6.07) is 0. The first-order valence-corrected chi connectivity index (χ1v) is 4.98. The van der Waals surface area contributed by atoms with E-state index in [1.54, 1.807) is 11.7 Å². The SMILES string of the molecule is Cc1nc2c(c(N=[N+]=[N-])nn2C)c(C)c1Cl. The molecule has 0 fully saturated rings. The molecular weight excluding hydrogens is 228 g/mol. The van der Waals surface area contributed by atoms with Crippen molar-refractivity contribution in [3.8, 4) is 0 Å². The Morgan fingerprint density at radius 3 is 2.75 bits per heavy atom. The molecule has 0 aromatic carbocycles. The van der Waals surface area contributed by atoms with E-state index < -0.39 is 0 Å². The molecule has 16 heavy (non-hydrogen) atoms. The van der Waals surface area contributed by atoms with Crippen molar-refractivity contribution >= 4 is 28.5 Å². The second-order valence-corrected chi connectivity index (χ2v) is 3.85. The normalized spacial score (nSPS) is 10.5. The number of aryl methyl sites for hydroxylation is 3. The Balaban J connectivity index is 2.98. The quantitative estimate of drug-likeness (QED) is 0.433. The average Bonchev–Trinajstić information content (AvgIpc) is 2.53. The minimum absolute atomic E-state index is 0.312. The van der Waals surface area contributed by atoms with Crippen molar-refractivity contribution < 1.29 is 0 Å². The summed E-state index contributed by atoms with van der Waals surface area (Å²) < 4.78 is 1.58. The average molecular weight is 237 g/mol. The number of nitrogens with zero attached hydrogens (tertiary/aromatic N) is 6. The van der Waals surface area contributed by atoms with E-state index in [2.05, 4.69) is 20.1 Å². The highest BCUT2D eigenvalue weighted by Crippen LogP contribution is 2.32. The van der Waals surface area contributed by atoms with Crippen molar-refractivity contribution in [2.45, 2.75) is 13.8 Å². The van der Waals surface area contributed by atoms with E-state index in [4.69, 9.17) is 17.1 Å². The van der Waals surface area contributed by atoms with Crippen LogP contribution in [0.25, 0.3) is 21.5 Å². The molecule has 82 valence electrons. The lowest BCUT2D eigenvalue weighted by Gasteiger charge is -2.03. The number of azide groups is 1. The van der Waals surface area contributed by atoms with Crippen LogP contribution < -0.4 is 0 Å². The first kappa shape index (κ1) is 10.7. The van der Waals surface area contributed by atoms with Gasteiger partial charge < -0.3 is 0 Å². The van der Waals surface area contributed by atoms with Gasteiger partial charge in [0.15, 0.2) is 11.5 Å². The standard InChI is InChI=1S/C9H9ClN6/c1-4-6-8(13-15-11)14-16(3)9(6)12-5(2)7(4)10/h1-3H3. The van der Waals surface area contributed by atoms with Gasteiger partial charge in [0.2, 0.25) is 0 Å². The number of hydrogen-bond donors (Lipinski definition) is 0. The van der Waals surface area contributed by atoms with Gasteiger partial charge in [-0.15, -0.1) is 0 Å². The Morgan fingerprint density at radius 1 is 1.44 bits per heavy atom. The third-order valence-electron chi connectivity index (χ3n) is 2.43. The van der Waals surface area contributed by atoms with E-state index in [1.165, 1.54) is 0 Å². The Bertz CT molecular complexity index is 623. The minimum Gasteiger partial charge on any atom is -0.250 e. The molecule has 0 radical (unpaired) electrons. The van der Waals surface area contributed by atoms with Crippen molar-refractivity contribution in [2.24, 2.45) is 12.2 Å². The molecule has 2 rings (SSSR count). The molecule has 0 saturated carbocycles. The Kier molecular flexibility index (Phi) is 2.46. The Morgan fingerprint density at radius 2 is 2.12 bits per heavy atom. The summed E-state index contributed by atoms with van der Waals surface area (Å²) in [4.78, 5) is 7.06. The highest BCUT2D eigenvalue weighted by molar-refractivity contribution is 6.33. The molecule has 0 saturated heterocycles. The molecular formula is C9H9ClN6. The van der Waals surface area contributed by atoms with Gasteiger partial charge in [0.1, 0.15) is 0 Å². The molecule has 2 aromatic heterocycles. The van der Waals surface area contributed by atoms with E-state index in [9.17, 15) is 0 Å².